The summed E-state index contributed by atoms with van der Waals surface area (Å²) in [4.78, 5) is 12.3. The van der Waals surface area contributed by atoms with Crippen LogP contribution in [0.2, 0.25) is 0 Å². The van der Waals surface area contributed by atoms with Gasteiger partial charge in [-0.05, 0) is 52.3 Å². The molecule has 6 nitrogen and oxygen atoms in total. The Kier molecular flexibility index (Phi) is 6.25. The number of rotatable bonds is 3. The lowest BCUT2D eigenvalue weighted by Crippen LogP contribution is -2.60. The second kappa shape index (κ2) is 7.87. The zero-order valence-electron chi connectivity index (χ0n) is 17.0. The summed E-state index contributed by atoms with van der Waals surface area (Å²) in [5, 5.41) is 12.1. The Morgan fingerprint density at radius 3 is 2.31 bits per heavy atom. The highest BCUT2D eigenvalue weighted by molar-refractivity contribution is 5.70. The van der Waals surface area contributed by atoms with Crippen molar-refractivity contribution in [2.45, 2.75) is 57.7 Å². The van der Waals surface area contributed by atoms with E-state index < -0.39 is 40.5 Å². The number of carbonyl (C=O) groups is 1. The molecule has 0 unspecified atom stereocenters. The minimum absolute atomic E-state index is 0.0277. The van der Waals surface area contributed by atoms with E-state index in [1.54, 1.807) is 34.6 Å². The van der Waals surface area contributed by atoms with Crippen LogP contribution < -0.4 is 5.32 Å². The highest BCUT2D eigenvalue weighted by atomic mass is 19.4. The predicted molar refractivity (Wildman–Crippen MR) is 100 cm³/mol. The fourth-order valence-electron chi connectivity index (χ4n) is 2.55. The molecule has 0 aromatic heterocycles. The number of phenols is 1. The molecule has 29 heavy (non-hydrogen) atoms. The third-order valence-electron chi connectivity index (χ3n) is 4.03. The number of phenolic OH excluding ortho intramolecular Hbond substituents is 1. The second-order valence-corrected chi connectivity index (χ2v) is 8.37. The van der Waals surface area contributed by atoms with E-state index in [1.807, 2.05) is 0 Å². The summed E-state index contributed by atoms with van der Waals surface area (Å²) in [7, 11) is 0. The molecule has 1 aliphatic rings. The van der Waals surface area contributed by atoms with Gasteiger partial charge in [0.15, 0.2) is 5.79 Å². The lowest BCUT2D eigenvalue weighted by atomic mass is 9.97. The quantitative estimate of drug-likeness (QED) is 0.759. The maximum absolute atomic E-state index is 13.0. The number of hydrogen-bond donors (Lipinski definition) is 2. The van der Waals surface area contributed by atoms with E-state index in [1.165, 1.54) is 18.2 Å². The maximum Gasteiger partial charge on any atom is 0.419 e. The normalized spacial score (nSPS) is 19.2. The largest absolute Gasteiger partial charge is 0.507 e. The Labute approximate surface area is 167 Å². The first-order valence-electron chi connectivity index (χ1n) is 8.99. The van der Waals surface area contributed by atoms with E-state index >= 15 is 0 Å². The van der Waals surface area contributed by atoms with Crippen LogP contribution in [0.3, 0.4) is 0 Å². The number of alkyl halides is 3. The molecule has 2 rings (SSSR count). The van der Waals surface area contributed by atoms with Crippen molar-refractivity contribution in [2.24, 2.45) is 0 Å². The van der Waals surface area contributed by atoms with E-state index in [9.17, 15) is 23.1 Å². The lowest BCUT2D eigenvalue weighted by molar-refractivity contribution is -0.263. The van der Waals surface area contributed by atoms with Crippen molar-refractivity contribution in [3.63, 3.8) is 0 Å². The molecule has 0 spiro atoms. The zero-order chi connectivity index (χ0) is 22.1. The van der Waals surface area contributed by atoms with Gasteiger partial charge in [-0.1, -0.05) is 18.2 Å². The third-order valence-corrected chi connectivity index (χ3v) is 4.03. The number of benzene rings is 1. The molecule has 2 N–H and O–H groups in total. The van der Waals surface area contributed by atoms with Crippen LogP contribution in [0, 0.1) is 0 Å². The molecule has 1 aliphatic heterocycles. The van der Waals surface area contributed by atoms with Gasteiger partial charge in [-0.25, -0.2) is 4.79 Å². The zero-order valence-corrected chi connectivity index (χ0v) is 17.0. The number of aromatic hydroxyl groups is 1. The van der Waals surface area contributed by atoms with Gasteiger partial charge >= 0.3 is 12.3 Å². The van der Waals surface area contributed by atoms with Gasteiger partial charge in [0.2, 0.25) is 0 Å². The molecule has 1 fully saturated rings. The van der Waals surface area contributed by atoms with Crippen molar-refractivity contribution in [1.82, 2.24) is 5.32 Å². The fraction of sp³-hybridized carbons (Fsp3) is 0.550. The highest BCUT2D eigenvalue weighted by Gasteiger charge is 2.40. The Hall–Kier alpha value is -2.26. The van der Waals surface area contributed by atoms with E-state index in [-0.39, 0.29) is 18.8 Å². The maximum atomic E-state index is 13.0. The molecule has 0 aliphatic carbocycles. The summed E-state index contributed by atoms with van der Waals surface area (Å²) in [6.45, 7) is 8.61. The van der Waals surface area contributed by atoms with E-state index in [0.29, 0.717) is 0 Å². The van der Waals surface area contributed by atoms with Crippen LogP contribution in [-0.2, 0) is 20.4 Å². The number of hydrogen-bond acceptors (Lipinski definition) is 5. The summed E-state index contributed by atoms with van der Waals surface area (Å²) in [6.07, 6.45) is -2.51. The standard InChI is InChI=1S/C20H26F3NO5/c1-17(2,3)29-16(26)24-19(11-27-18(4,5)28-12-19)9-8-13-6-7-15(25)14(10-13)20(21,22)23/h6-10,25H,11-12H2,1-5H3,(H,24,26). The minimum Gasteiger partial charge on any atom is -0.507 e. The number of ether oxygens (including phenoxy) is 3. The molecule has 1 heterocycles. The first kappa shape index (κ1) is 23.0. The molecule has 0 radical (unpaired) electrons. The first-order chi connectivity index (χ1) is 13.1. The number of halogens is 3. The molecule has 0 saturated carbocycles. The van der Waals surface area contributed by atoms with E-state index in [0.717, 1.165) is 12.1 Å². The average Bonchev–Trinajstić information content (AvgIpc) is 2.54. The van der Waals surface area contributed by atoms with E-state index in [4.69, 9.17) is 14.2 Å². The van der Waals surface area contributed by atoms with Crippen LogP contribution in [0.15, 0.2) is 24.3 Å². The van der Waals surface area contributed by atoms with Gasteiger partial charge in [-0.2, -0.15) is 13.2 Å². The SMILES string of the molecule is CC(C)(C)OC(=O)NC1(C=Cc2ccc(O)c(C(F)(F)F)c2)COC(C)(C)OC1. The van der Waals surface area contributed by atoms with Gasteiger partial charge in [0, 0.05) is 0 Å². The molecule has 1 saturated heterocycles. The molecule has 1 aromatic carbocycles. The number of nitrogens with one attached hydrogen (secondary N) is 1. The van der Waals surface area contributed by atoms with Gasteiger partial charge < -0.3 is 24.6 Å². The number of amides is 1. The van der Waals surface area contributed by atoms with E-state index in [2.05, 4.69) is 5.32 Å². The summed E-state index contributed by atoms with van der Waals surface area (Å²) < 4.78 is 55.6. The summed E-state index contributed by atoms with van der Waals surface area (Å²) in [6, 6.07) is 3.12. The highest BCUT2D eigenvalue weighted by Crippen LogP contribution is 2.36. The van der Waals surface area contributed by atoms with Crippen molar-refractivity contribution >= 4 is 12.2 Å². The van der Waals surface area contributed by atoms with Crippen LogP contribution in [0.1, 0.15) is 45.7 Å². The van der Waals surface area contributed by atoms with Crippen LogP contribution >= 0.6 is 0 Å². The van der Waals surface area contributed by atoms with Crippen molar-refractivity contribution < 1.29 is 37.3 Å². The monoisotopic (exact) mass is 417 g/mol. The molecule has 0 atom stereocenters. The Morgan fingerprint density at radius 2 is 1.79 bits per heavy atom. The topological polar surface area (TPSA) is 77.0 Å². The minimum atomic E-state index is -4.69. The number of carbonyl (C=O) groups excluding carboxylic acids is 1. The summed E-state index contributed by atoms with van der Waals surface area (Å²) in [5.41, 5.74) is -2.84. The van der Waals surface area contributed by atoms with Crippen molar-refractivity contribution in [3.05, 3.63) is 35.4 Å². The molecule has 0 bridgehead atoms. The predicted octanol–water partition coefficient (Wildman–Crippen LogP) is 4.47. The van der Waals surface area contributed by atoms with Crippen LogP contribution in [-0.4, -0.2) is 41.3 Å². The van der Waals surface area contributed by atoms with Gasteiger partial charge in [0.25, 0.3) is 0 Å². The van der Waals surface area contributed by atoms with Crippen molar-refractivity contribution in [2.75, 3.05) is 13.2 Å². The smallest absolute Gasteiger partial charge is 0.419 e. The Bertz CT molecular complexity index is 771. The van der Waals surface area contributed by atoms with Crippen LogP contribution in [0.25, 0.3) is 6.08 Å². The Morgan fingerprint density at radius 1 is 1.21 bits per heavy atom. The molecular weight excluding hydrogens is 391 g/mol. The third kappa shape index (κ3) is 6.64. The van der Waals surface area contributed by atoms with Crippen molar-refractivity contribution in [1.29, 1.82) is 0 Å². The lowest BCUT2D eigenvalue weighted by Gasteiger charge is -2.42. The molecule has 9 heteroatoms. The van der Waals surface area contributed by atoms with Crippen molar-refractivity contribution in [3.8, 4) is 5.75 Å². The van der Waals surface area contributed by atoms with Gasteiger partial charge in [0.05, 0.1) is 18.8 Å². The van der Waals surface area contributed by atoms with Crippen LogP contribution in [0.4, 0.5) is 18.0 Å². The summed E-state index contributed by atoms with van der Waals surface area (Å²) >= 11 is 0. The second-order valence-electron chi connectivity index (χ2n) is 8.37. The first-order valence-corrected chi connectivity index (χ1v) is 8.99. The summed E-state index contributed by atoms with van der Waals surface area (Å²) in [5.74, 6) is -1.73. The Balaban J connectivity index is 2.30. The number of alkyl carbamates (subject to hydrolysis) is 1. The van der Waals surface area contributed by atoms with Crippen LogP contribution in [0.5, 0.6) is 5.75 Å². The van der Waals surface area contributed by atoms with Gasteiger partial charge in [-0.3, -0.25) is 0 Å². The molecular formula is C20H26F3NO5. The molecule has 1 aromatic rings. The van der Waals surface area contributed by atoms with Gasteiger partial charge in [0.1, 0.15) is 16.9 Å². The van der Waals surface area contributed by atoms with Gasteiger partial charge in [-0.15, -0.1) is 0 Å². The molecule has 162 valence electrons. The molecule has 1 amide bonds. The fourth-order valence-corrected chi connectivity index (χ4v) is 2.55. The average molecular weight is 417 g/mol.